The molecule has 34 heavy (non-hydrogen) atoms. The highest BCUT2D eigenvalue weighted by Gasteiger charge is 2.30. The Morgan fingerprint density at radius 2 is 2.15 bits per heavy atom. The fourth-order valence-electron chi connectivity index (χ4n) is 5.01. The van der Waals surface area contributed by atoms with Crippen LogP contribution in [0.2, 0.25) is 0 Å². The van der Waals surface area contributed by atoms with Crippen molar-refractivity contribution in [2.75, 3.05) is 6.54 Å². The van der Waals surface area contributed by atoms with Crippen LogP contribution in [0.1, 0.15) is 79.5 Å². The highest BCUT2D eigenvalue weighted by atomic mass is 19.1. The van der Waals surface area contributed by atoms with Gasteiger partial charge in [0.05, 0.1) is 12.4 Å². The number of carbonyl (C=O) groups is 1. The van der Waals surface area contributed by atoms with E-state index in [0.29, 0.717) is 30.4 Å². The van der Waals surface area contributed by atoms with Crippen molar-refractivity contribution in [3.05, 3.63) is 63.5 Å². The molecule has 0 spiro atoms. The third-order valence-corrected chi connectivity index (χ3v) is 6.73. The van der Waals surface area contributed by atoms with E-state index in [2.05, 4.69) is 30.4 Å². The maximum atomic E-state index is 13.4. The molecule has 1 fully saturated rings. The van der Waals surface area contributed by atoms with Gasteiger partial charge in [0.1, 0.15) is 16.9 Å². The van der Waals surface area contributed by atoms with E-state index in [1.54, 1.807) is 12.1 Å². The number of aryl methyl sites for hydroxylation is 1. The van der Waals surface area contributed by atoms with Crippen molar-refractivity contribution in [2.24, 2.45) is 0 Å². The Morgan fingerprint density at radius 1 is 1.38 bits per heavy atom. The summed E-state index contributed by atoms with van der Waals surface area (Å²) >= 11 is 0. The molecule has 1 saturated carbocycles. The molecule has 0 saturated heterocycles. The van der Waals surface area contributed by atoms with E-state index in [9.17, 15) is 9.18 Å². The lowest BCUT2D eigenvalue weighted by molar-refractivity contribution is 0.0622. The first-order chi connectivity index (χ1) is 16.3. The molecule has 2 N–H and O–H groups in total. The lowest BCUT2D eigenvalue weighted by atomic mass is 9.89. The lowest BCUT2D eigenvalue weighted by Gasteiger charge is -2.37. The Hall–Kier alpha value is -2.86. The minimum atomic E-state index is -0.280. The predicted molar refractivity (Wildman–Crippen MR) is 137 cm³/mol. The zero-order valence-electron chi connectivity index (χ0n) is 21.0. The number of aromatic amines is 1. The van der Waals surface area contributed by atoms with E-state index in [1.165, 1.54) is 13.0 Å². The second kappa shape index (κ2) is 11.5. The largest absolute Gasteiger partial charge is 0.459 e. The molecule has 0 aliphatic heterocycles. The first kappa shape index (κ1) is 25.8. The molecule has 6 heteroatoms. The van der Waals surface area contributed by atoms with Crippen LogP contribution in [0.4, 0.5) is 4.39 Å². The summed E-state index contributed by atoms with van der Waals surface area (Å²) in [4.78, 5) is 18.4. The summed E-state index contributed by atoms with van der Waals surface area (Å²) in [5, 5.41) is 4.59. The van der Waals surface area contributed by atoms with Crippen LogP contribution >= 0.6 is 0 Å². The van der Waals surface area contributed by atoms with Gasteiger partial charge in [-0.2, -0.15) is 0 Å². The van der Waals surface area contributed by atoms with Crippen molar-refractivity contribution in [3.8, 4) is 0 Å². The second-order valence-corrected chi connectivity index (χ2v) is 9.09. The third kappa shape index (κ3) is 5.79. The van der Waals surface area contributed by atoms with Crippen LogP contribution in [0.5, 0.6) is 0 Å². The van der Waals surface area contributed by atoms with Crippen LogP contribution in [0, 0.1) is 6.92 Å². The number of hydrogen-bond acceptors (Lipinski definition) is 3. The molecule has 2 heterocycles. The number of amides is 1. The second-order valence-electron chi connectivity index (χ2n) is 9.09. The van der Waals surface area contributed by atoms with Gasteiger partial charge in [0.2, 0.25) is 0 Å². The SMILES string of the molecule is C=C/C=c1/oc(CN[C@@H]2CCC[C@H](N(CC)C(=O)c3cc(/C=C(\C)F)c(C)[nH]3)C2)c(CC)c1=C. The van der Waals surface area contributed by atoms with E-state index in [4.69, 9.17) is 4.42 Å². The minimum Gasteiger partial charge on any atom is -0.459 e. The number of nitrogens with zero attached hydrogens (tertiary/aromatic N) is 1. The van der Waals surface area contributed by atoms with Crippen LogP contribution in [-0.4, -0.2) is 34.4 Å². The molecule has 0 bridgehead atoms. The first-order valence-corrected chi connectivity index (χ1v) is 12.3. The maximum Gasteiger partial charge on any atom is 0.270 e. The number of furan rings is 1. The normalized spacial score (nSPS) is 19.4. The fourth-order valence-corrected chi connectivity index (χ4v) is 5.01. The predicted octanol–water partition coefficient (Wildman–Crippen LogP) is 4.75. The Kier molecular flexibility index (Phi) is 8.72. The molecular weight excluding hydrogens is 429 g/mol. The van der Waals surface area contributed by atoms with Gasteiger partial charge >= 0.3 is 0 Å². The molecule has 2 atom stereocenters. The highest BCUT2D eigenvalue weighted by Crippen LogP contribution is 2.26. The molecular formula is C28H38FN3O2. The Balaban J connectivity index is 1.70. The number of halogens is 1. The number of rotatable bonds is 9. The van der Waals surface area contributed by atoms with Crippen molar-refractivity contribution in [3.63, 3.8) is 0 Å². The smallest absolute Gasteiger partial charge is 0.270 e. The average Bonchev–Trinajstić information content (AvgIpc) is 3.32. The van der Waals surface area contributed by atoms with Crippen LogP contribution in [0.3, 0.4) is 0 Å². The minimum absolute atomic E-state index is 0.0296. The van der Waals surface area contributed by atoms with Gasteiger partial charge in [-0.3, -0.25) is 4.79 Å². The number of aromatic nitrogens is 1. The third-order valence-electron chi connectivity index (χ3n) is 6.73. The standard InChI is InChI=1S/C28H38FN3O2/c1-7-11-26-19(5)24(8-2)27(34-26)17-30-22-12-10-13-23(16-22)32(9-3)28(33)25-15-21(14-18(4)29)20(6)31-25/h7,11,14-15,22-23,30-31H,1,5,8-10,12-13,16-17H2,2-4,6H3/b18-14+,26-11+/t22-,23+/m1/s1. The molecule has 5 nitrogen and oxygen atoms in total. The number of hydrogen-bond donors (Lipinski definition) is 2. The van der Waals surface area contributed by atoms with Crippen LogP contribution in [0.25, 0.3) is 18.7 Å². The van der Waals surface area contributed by atoms with Gasteiger partial charge in [-0.15, -0.1) is 0 Å². The summed E-state index contributed by atoms with van der Waals surface area (Å²) in [6.45, 7) is 16.6. The average molecular weight is 468 g/mol. The van der Waals surface area contributed by atoms with Crippen molar-refractivity contribution < 1.29 is 13.6 Å². The van der Waals surface area contributed by atoms with Gasteiger partial charge in [0, 0.05) is 35.1 Å². The van der Waals surface area contributed by atoms with Crippen molar-refractivity contribution in [1.82, 2.24) is 15.2 Å². The Morgan fingerprint density at radius 3 is 2.79 bits per heavy atom. The molecule has 184 valence electrons. The topological polar surface area (TPSA) is 61.3 Å². The summed E-state index contributed by atoms with van der Waals surface area (Å²) in [5.74, 6) is 0.618. The number of H-pyrrole nitrogens is 1. The Bertz CT molecular complexity index is 1150. The van der Waals surface area contributed by atoms with Crippen molar-refractivity contribution in [2.45, 2.75) is 78.4 Å². The maximum absolute atomic E-state index is 13.4. The molecule has 0 unspecified atom stereocenters. The van der Waals surface area contributed by atoms with Gasteiger partial charge in [-0.1, -0.05) is 26.2 Å². The fraction of sp³-hybridized carbons (Fsp3) is 0.464. The molecule has 2 aromatic rings. The monoisotopic (exact) mass is 467 g/mol. The van der Waals surface area contributed by atoms with Gasteiger partial charge < -0.3 is 19.6 Å². The van der Waals surface area contributed by atoms with Gasteiger partial charge in [-0.25, -0.2) is 4.39 Å². The summed E-state index contributed by atoms with van der Waals surface area (Å²) in [6, 6.07) is 2.21. The van der Waals surface area contributed by atoms with E-state index < -0.39 is 0 Å². The summed E-state index contributed by atoms with van der Waals surface area (Å²) in [7, 11) is 0. The Labute approximate surface area is 202 Å². The van der Waals surface area contributed by atoms with Crippen molar-refractivity contribution >= 4 is 24.6 Å². The first-order valence-electron chi connectivity index (χ1n) is 12.3. The molecule has 0 radical (unpaired) electrons. The zero-order valence-corrected chi connectivity index (χ0v) is 21.0. The van der Waals surface area contributed by atoms with Crippen LogP contribution in [0.15, 0.2) is 29.0 Å². The van der Waals surface area contributed by atoms with Gasteiger partial charge in [0.15, 0.2) is 0 Å². The number of allylic oxidation sites excluding steroid dienone is 2. The summed E-state index contributed by atoms with van der Waals surface area (Å²) in [6.07, 6.45) is 9.88. The van der Waals surface area contributed by atoms with Crippen LogP contribution in [-0.2, 0) is 13.0 Å². The molecule has 0 aromatic carbocycles. The molecule has 1 aliphatic rings. The molecule has 3 rings (SSSR count). The molecule has 2 aromatic heterocycles. The zero-order chi connectivity index (χ0) is 24.8. The van der Waals surface area contributed by atoms with Crippen LogP contribution < -0.4 is 16.0 Å². The van der Waals surface area contributed by atoms with E-state index in [0.717, 1.165) is 59.8 Å². The number of nitrogens with one attached hydrogen (secondary N) is 2. The van der Waals surface area contributed by atoms with Gasteiger partial charge in [-0.05, 0) is 76.7 Å². The van der Waals surface area contributed by atoms with E-state index >= 15 is 0 Å². The number of carbonyl (C=O) groups excluding carboxylic acids is 1. The van der Waals surface area contributed by atoms with E-state index in [-0.39, 0.29) is 17.8 Å². The molecule has 1 aliphatic carbocycles. The quantitative estimate of drug-likeness (QED) is 0.560. The van der Waals surface area contributed by atoms with Gasteiger partial charge in [0.25, 0.3) is 5.91 Å². The lowest BCUT2D eigenvalue weighted by Crippen LogP contribution is -2.46. The van der Waals surface area contributed by atoms with E-state index in [1.807, 2.05) is 24.8 Å². The highest BCUT2D eigenvalue weighted by molar-refractivity contribution is 5.93. The summed E-state index contributed by atoms with van der Waals surface area (Å²) in [5.41, 5.74) is 3.94. The van der Waals surface area contributed by atoms with Crippen molar-refractivity contribution in [1.29, 1.82) is 0 Å². The molecule has 1 amide bonds. The summed E-state index contributed by atoms with van der Waals surface area (Å²) < 4.78 is 19.4.